The molecule has 1 aromatic carbocycles. The Balaban J connectivity index is 0.000000747. The number of halogens is 3. The van der Waals surface area contributed by atoms with Crippen molar-refractivity contribution >= 4 is 44.4 Å². The number of rotatable bonds is 3. The maximum absolute atomic E-state index is 13.5. The molecule has 0 saturated carbocycles. The molecule has 1 aliphatic rings. The quantitative estimate of drug-likeness (QED) is 0.209. The third-order valence-corrected chi connectivity index (χ3v) is 6.64. The van der Waals surface area contributed by atoms with E-state index in [2.05, 4.69) is 0 Å². The number of fused-ring (bicyclic) bond motifs is 3. The van der Waals surface area contributed by atoms with E-state index in [1.807, 2.05) is 54.0 Å². The van der Waals surface area contributed by atoms with Gasteiger partial charge in [0.25, 0.3) is 5.56 Å². The summed E-state index contributed by atoms with van der Waals surface area (Å²) >= 11 is -1.79. The molecule has 8 nitrogen and oxygen atoms in total. The maximum atomic E-state index is 13.5. The van der Waals surface area contributed by atoms with E-state index in [0.717, 1.165) is 27.3 Å². The number of methoxy groups -OCH3 is 1. The number of carbonyl (C=O) groups excluding carboxylic acids is 1. The van der Waals surface area contributed by atoms with E-state index in [1.165, 1.54) is 18.7 Å². The molecular weight excluding hydrogens is 726 g/mol. The predicted octanol–water partition coefficient (Wildman–Crippen LogP) is 5.31. The van der Waals surface area contributed by atoms with Crippen LogP contribution in [0.15, 0.2) is 56.5 Å². The van der Waals surface area contributed by atoms with E-state index in [9.17, 15) is 14.4 Å². The number of hydrogen-bond acceptors (Lipinski definition) is 5. The number of furan rings is 1. The van der Waals surface area contributed by atoms with Crippen molar-refractivity contribution < 1.29 is 29.1 Å². The van der Waals surface area contributed by atoms with E-state index in [0.29, 0.717) is 29.4 Å². The van der Waals surface area contributed by atoms with Gasteiger partial charge in [0.15, 0.2) is 0 Å². The molecule has 3 aromatic heterocycles. The van der Waals surface area contributed by atoms with Gasteiger partial charge in [-0.1, -0.05) is 30.3 Å². The average molecular weight is 751 g/mol. The first-order valence-corrected chi connectivity index (χ1v) is 19.3. The van der Waals surface area contributed by atoms with Crippen LogP contribution in [0.3, 0.4) is 0 Å². The zero-order valence-corrected chi connectivity index (χ0v) is 24.9. The SMILES string of the molecule is COC(=O)[C@@H]1CCC(c2ccc(C)o2)c2c3c(c(-c4ccccc4)n21)c(=O)n(C)c(=O)n3C.[Cl][Au]([Cl])[Cl]. The Kier molecular flexibility index (Phi) is 8.48. The Labute approximate surface area is 230 Å². The van der Waals surface area contributed by atoms with Gasteiger partial charge in [0.05, 0.1) is 35.3 Å². The van der Waals surface area contributed by atoms with Crippen LogP contribution < -0.4 is 11.2 Å². The van der Waals surface area contributed by atoms with Gasteiger partial charge in [0.2, 0.25) is 0 Å². The van der Waals surface area contributed by atoms with E-state index >= 15 is 0 Å². The molecule has 202 valence electrons. The zero-order valence-electron chi connectivity index (χ0n) is 20.4. The van der Waals surface area contributed by atoms with Gasteiger partial charge in [-0.05, 0) is 37.5 Å². The summed E-state index contributed by atoms with van der Waals surface area (Å²) in [6, 6.07) is 12.7. The first-order valence-electron chi connectivity index (χ1n) is 11.2. The number of aryl methyl sites for hydroxylation is 2. The summed E-state index contributed by atoms with van der Waals surface area (Å²) in [6.07, 6.45) is 1.13. The molecule has 0 aliphatic carbocycles. The number of ether oxygens (including phenoxy) is 1. The molecule has 1 aliphatic heterocycles. The standard InChI is InChI=1S/C25H25N3O5.Au.3ClH/c1-14-10-13-18(33-14)16-11-12-17(24(30)32-4)28-20(15-8-6-5-7-9-15)19-22(21(16)28)26(2)25(31)27(3)23(19)29;;;;/h5-10,13,16-17H,11-12H2,1-4H3;;3*1H/q;+3;;;/p-3/t16?,17-;;;;/m0..../s1. The van der Waals surface area contributed by atoms with Gasteiger partial charge in [0, 0.05) is 14.1 Å². The molecule has 0 spiro atoms. The number of hydrogen-bond donors (Lipinski definition) is 0. The van der Waals surface area contributed by atoms with Gasteiger partial charge >= 0.3 is 54.4 Å². The third-order valence-electron chi connectivity index (χ3n) is 6.64. The Morgan fingerprint density at radius 3 is 2.24 bits per heavy atom. The summed E-state index contributed by atoms with van der Waals surface area (Å²) in [5, 5.41) is 0.407. The molecule has 12 heteroatoms. The molecule has 1 unspecified atom stereocenters. The zero-order chi connectivity index (χ0) is 27.0. The van der Waals surface area contributed by atoms with Crippen molar-refractivity contribution in [3.8, 4) is 11.3 Å². The van der Waals surface area contributed by atoms with Crippen LogP contribution in [-0.4, -0.2) is 26.8 Å². The number of carbonyl (C=O) groups is 1. The second kappa shape index (κ2) is 11.3. The van der Waals surface area contributed by atoms with Gasteiger partial charge < -0.3 is 13.7 Å². The van der Waals surface area contributed by atoms with Crippen LogP contribution >= 0.6 is 27.6 Å². The van der Waals surface area contributed by atoms with Crippen LogP contribution in [0.2, 0.25) is 0 Å². The van der Waals surface area contributed by atoms with Crippen LogP contribution in [0.5, 0.6) is 0 Å². The molecule has 0 saturated heterocycles. The molecule has 0 N–H and O–H groups in total. The van der Waals surface area contributed by atoms with Gasteiger partial charge in [-0.15, -0.1) is 0 Å². The molecule has 37 heavy (non-hydrogen) atoms. The monoisotopic (exact) mass is 749 g/mol. The Morgan fingerprint density at radius 2 is 1.68 bits per heavy atom. The first kappa shape index (κ1) is 27.8. The Bertz CT molecular complexity index is 1570. The topological polar surface area (TPSA) is 88.4 Å². The fourth-order valence-electron chi connectivity index (χ4n) is 5.12. The van der Waals surface area contributed by atoms with Crippen molar-refractivity contribution in [3.05, 3.63) is 80.5 Å². The minimum atomic E-state index is -1.79. The van der Waals surface area contributed by atoms with Crippen LogP contribution in [-0.2, 0) is 38.8 Å². The van der Waals surface area contributed by atoms with Crippen LogP contribution in [0.25, 0.3) is 22.2 Å². The molecule has 4 aromatic rings. The van der Waals surface area contributed by atoms with Gasteiger partial charge in [-0.2, -0.15) is 0 Å². The van der Waals surface area contributed by atoms with Crippen molar-refractivity contribution in [2.24, 2.45) is 14.1 Å². The molecule has 0 fully saturated rings. The Hall–Kier alpha value is -2.20. The summed E-state index contributed by atoms with van der Waals surface area (Å²) < 4.78 is 15.7. The van der Waals surface area contributed by atoms with Crippen molar-refractivity contribution in [2.75, 3.05) is 7.11 Å². The van der Waals surface area contributed by atoms with Gasteiger partial charge in [0.1, 0.15) is 17.6 Å². The number of nitrogens with zero attached hydrogens (tertiary/aromatic N) is 3. The summed E-state index contributed by atoms with van der Waals surface area (Å²) in [6.45, 7) is 1.88. The van der Waals surface area contributed by atoms with Gasteiger partial charge in [-0.3, -0.25) is 13.9 Å². The fourth-order valence-corrected chi connectivity index (χ4v) is 5.12. The number of esters is 1. The summed E-state index contributed by atoms with van der Waals surface area (Å²) in [4.78, 5) is 39.4. The van der Waals surface area contributed by atoms with Crippen LogP contribution in [0, 0.1) is 6.92 Å². The van der Waals surface area contributed by atoms with E-state index in [-0.39, 0.29) is 11.9 Å². The molecule has 0 amide bonds. The second-order valence-corrected chi connectivity index (χ2v) is 18.0. The first-order chi connectivity index (χ1) is 17.6. The van der Waals surface area contributed by atoms with Crippen molar-refractivity contribution in [3.63, 3.8) is 0 Å². The normalized spacial score (nSPS) is 17.1. The Morgan fingerprint density at radius 1 is 1.03 bits per heavy atom. The molecule has 0 bridgehead atoms. The summed E-state index contributed by atoms with van der Waals surface area (Å²) in [5.74, 6) is 0.904. The second-order valence-electron chi connectivity index (χ2n) is 8.65. The van der Waals surface area contributed by atoms with E-state index in [1.54, 1.807) is 7.05 Å². The van der Waals surface area contributed by atoms with E-state index < -0.39 is 32.5 Å². The average Bonchev–Trinajstić information content (AvgIpc) is 3.47. The molecular formula is C25H25AuCl3N3O5. The van der Waals surface area contributed by atoms with Crippen molar-refractivity contribution in [1.82, 2.24) is 13.7 Å². The van der Waals surface area contributed by atoms with Crippen molar-refractivity contribution in [1.29, 1.82) is 0 Å². The van der Waals surface area contributed by atoms with Gasteiger partial charge in [-0.25, -0.2) is 9.59 Å². The van der Waals surface area contributed by atoms with Crippen LogP contribution in [0.4, 0.5) is 0 Å². The molecule has 2 atom stereocenters. The number of aromatic nitrogens is 3. The number of benzene rings is 1. The minimum absolute atomic E-state index is 0.225. The fraction of sp³-hybridized carbons (Fsp3) is 0.320. The van der Waals surface area contributed by atoms with Crippen molar-refractivity contribution in [2.45, 2.75) is 31.7 Å². The predicted molar refractivity (Wildman–Crippen MR) is 141 cm³/mol. The summed E-state index contributed by atoms with van der Waals surface area (Å²) in [5.41, 5.74) is 1.82. The van der Waals surface area contributed by atoms with Crippen LogP contribution in [0.1, 0.15) is 42.0 Å². The van der Waals surface area contributed by atoms with E-state index in [4.69, 9.17) is 36.7 Å². The molecule has 5 rings (SSSR count). The molecule has 4 heterocycles. The molecule has 0 radical (unpaired) electrons. The third kappa shape index (κ3) is 5.11. The summed E-state index contributed by atoms with van der Waals surface area (Å²) in [7, 11) is 19.4.